The minimum Gasteiger partial charge on any atom is -0.481 e. The molecule has 8 heteroatoms. The number of carboxylic acids is 1. The summed E-state index contributed by atoms with van der Waals surface area (Å²) in [5, 5.41) is 11.0. The molecule has 1 amide bonds. The van der Waals surface area contributed by atoms with Crippen LogP contribution in [0.25, 0.3) is 11.0 Å². The van der Waals surface area contributed by atoms with Crippen LogP contribution in [-0.2, 0) is 29.1 Å². The molecule has 2 aromatic heterocycles. The van der Waals surface area contributed by atoms with Crippen LogP contribution in [-0.4, -0.2) is 38.0 Å². The van der Waals surface area contributed by atoms with Gasteiger partial charge in [-0.15, -0.1) is 0 Å². The minimum atomic E-state index is -0.826. The van der Waals surface area contributed by atoms with E-state index in [1.54, 1.807) is 12.3 Å². The normalized spacial score (nSPS) is 13.4. The molecule has 0 saturated carbocycles. The summed E-state index contributed by atoms with van der Waals surface area (Å²) in [6.45, 7) is 1.73. The summed E-state index contributed by atoms with van der Waals surface area (Å²) in [6.07, 6.45) is 4.10. The molecule has 0 fully saturated rings. The van der Waals surface area contributed by atoms with E-state index in [1.165, 1.54) is 5.56 Å². The number of aromatic nitrogens is 2. The number of unbranched alkanes of at least 4 members (excludes halogenated alkanes) is 1. The SMILES string of the molecule is O=C(O)CCCCC(=O)N1CCc2c(n(Cc3cc(Cl)cc(Cl)c3)c3ncccc23)C1. The molecule has 3 heterocycles. The van der Waals surface area contributed by atoms with E-state index in [4.69, 9.17) is 28.3 Å². The molecule has 0 saturated heterocycles. The number of carbonyl (C=O) groups is 2. The molecule has 6 nitrogen and oxygen atoms in total. The lowest BCUT2D eigenvalue weighted by Gasteiger charge is -2.28. The van der Waals surface area contributed by atoms with Crippen LogP contribution < -0.4 is 0 Å². The molecule has 162 valence electrons. The van der Waals surface area contributed by atoms with Crippen LogP contribution in [0.1, 0.15) is 42.5 Å². The summed E-state index contributed by atoms with van der Waals surface area (Å²) in [6, 6.07) is 9.50. The van der Waals surface area contributed by atoms with Gasteiger partial charge in [-0.2, -0.15) is 0 Å². The predicted octanol–water partition coefficient (Wildman–Crippen LogP) is 4.92. The Bertz CT molecular complexity index is 1120. The molecule has 1 N–H and O–H groups in total. The molecule has 3 aromatic rings. The van der Waals surface area contributed by atoms with Gasteiger partial charge in [-0.25, -0.2) is 4.98 Å². The van der Waals surface area contributed by atoms with Crippen molar-refractivity contribution in [2.75, 3.05) is 6.54 Å². The quantitative estimate of drug-likeness (QED) is 0.508. The fraction of sp³-hybridized carbons (Fsp3) is 0.348. The number of nitrogens with zero attached hydrogens (tertiary/aromatic N) is 3. The lowest BCUT2D eigenvalue weighted by molar-refractivity contribution is -0.137. The lowest BCUT2D eigenvalue weighted by atomic mass is 10.0. The standard InChI is InChI=1S/C23H23Cl2N3O3/c24-16-10-15(11-17(25)12-16)13-28-20-14-27(21(29)5-1-2-6-22(30)31)9-7-18(20)19-4-3-8-26-23(19)28/h3-4,8,10-12H,1-2,5-7,9,13-14H2,(H,30,31). The Labute approximate surface area is 190 Å². The average molecular weight is 460 g/mol. The van der Waals surface area contributed by atoms with Crippen molar-refractivity contribution in [2.24, 2.45) is 0 Å². The van der Waals surface area contributed by atoms with E-state index in [-0.39, 0.29) is 12.3 Å². The number of pyridine rings is 1. The summed E-state index contributed by atoms with van der Waals surface area (Å²) in [7, 11) is 0. The van der Waals surface area contributed by atoms with Crippen LogP contribution in [0, 0.1) is 0 Å². The molecular weight excluding hydrogens is 437 g/mol. The number of carboxylic acid groups (broad SMARTS) is 1. The molecule has 0 spiro atoms. The van der Waals surface area contributed by atoms with Gasteiger partial charge in [-0.1, -0.05) is 23.2 Å². The number of hydrogen-bond donors (Lipinski definition) is 1. The Hall–Kier alpha value is -2.57. The summed E-state index contributed by atoms with van der Waals surface area (Å²) >= 11 is 12.4. The number of aliphatic carboxylic acids is 1. The monoisotopic (exact) mass is 459 g/mol. The zero-order valence-electron chi connectivity index (χ0n) is 17.0. The molecule has 1 aliphatic rings. The van der Waals surface area contributed by atoms with Crippen molar-refractivity contribution < 1.29 is 14.7 Å². The Morgan fingerprint density at radius 2 is 1.84 bits per heavy atom. The summed E-state index contributed by atoms with van der Waals surface area (Å²) in [5.41, 5.74) is 4.17. The number of benzene rings is 1. The molecule has 1 aromatic carbocycles. The minimum absolute atomic E-state index is 0.0617. The van der Waals surface area contributed by atoms with E-state index in [0.717, 1.165) is 28.7 Å². The number of carbonyl (C=O) groups excluding carboxylic acids is 1. The molecule has 0 bridgehead atoms. The van der Waals surface area contributed by atoms with Gasteiger partial charge in [0.15, 0.2) is 0 Å². The summed E-state index contributed by atoms with van der Waals surface area (Å²) < 4.78 is 2.15. The van der Waals surface area contributed by atoms with Crippen molar-refractivity contribution in [3.05, 3.63) is 63.4 Å². The van der Waals surface area contributed by atoms with E-state index in [1.807, 2.05) is 23.1 Å². The second kappa shape index (κ2) is 9.28. The fourth-order valence-corrected chi connectivity index (χ4v) is 4.81. The van der Waals surface area contributed by atoms with Crippen LogP contribution >= 0.6 is 23.2 Å². The van der Waals surface area contributed by atoms with Crippen molar-refractivity contribution in [1.29, 1.82) is 0 Å². The van der Waals surface area contributed by atoms with Gasteiger partial charge in [0.25, 0.3) is 0 Å². The Morgan fingerprint density at radius 1 is 1.10 bits per heavy atom. The Kier molecular flexibility index (Phi) is 6.49. The van der Waals surface area contributed by atoms with Gasteiger partial charge >= 0.3 is 5.97 Å². The van der Waals surface area contributed by atoms with Gasteiger partial charge in [0.1, 0.15) is 5.65 Å². The van der Waals surface area contributed by atoms with Crippen LogP contribution in [0.15, 0.2) is 36.5 Å². The maximum absolute atomic E-state index is 12.7. The van der Waals surface area contributed by atoms with Crippen molar-refractivity contribution in [1.82, 2.24) is 14.5 Å². The maximum atomic E-state index is 12.7. The highest BCUT2D eigenvalue weighted by molar-refractivity contribution is 6.34. The number of amides is 1. The second-order valence-electron chi connectivity index (χ2n) is 7.83. The maximum Gasteiger partial charge on any atom is 0.303 e. The van der Waals surface area contributed by atoms with Crippen molar-refractivity contribution >= 4 is 46.1 Å². The van der Waals surface area contributed by atoms with E-state index in [9.17, 15) is 9.59 Å². The second-order valence-corrected chi connectivity index (χ2v) is 8.70. The molecule has 1 aliphatic heterocycles. The molecule has 31 heavy (non-hydrogen) atoms. The van der Waals surface area contributed by atoms with Gasteiger partial charge in [0, 0.05) is 53.3 Å². The fourth-order valence-electron chi connectivity index (χ4n) is 4.24. The van der Waals surface area contributed by atoms with E-state index >= 15 is 0 Å². The Balaban J connectivity index is 1.60. The third kappa shape index (κ3) is 4.86. The van der Waals surface area contributed by atoms with Gasteiger partial charge in [-0.3, -0.25) is 9.59 Å². The number of hydrogen-bond acceptors (Lipinski definition) is 3. The third-order valence-electron chi connectivity index (χ3n) is 5.66. The molecule has 0 radical (unpaired) electrons. The predicted molar refractivity (Wildman–Crippen MR) is 121 cm³/mol. The zero-order valence-corrected chi connectivity index (χ0v) is 18.5. The first-order valence-electron chi connectivity index (χ1n) is 10.3. The largest absolute Gasteiger partial charge is 0.481 e. The molecule has 0 unspecified atom stereocenters. The number of rotatable bonds is 7. The molecule has 0 aliphatic carbocycles. The van der Waals surface area contributed by atoms with Crippen molar-refractivity contribution in [3.8, 4) is 0 Å². The van der Waals surface area contributed by atoms with Crippen LogP contribution in [0.4, 0.5) is 0 Å². The zero-order chi connectivity index (χ0) is 22.0. The first kappa shape index (κ1) is 21.7. The van der Waals surface area contributed by atoms with Gasteiger partial charge in [-0.05, 0) is 60.7 Å². The van der Waals surface area contributed by atoms with E-state index in [0.29, 0.717) is 48.9 Å². The van der Waals surface area contributed by atoms with Crippen molar-refractivity contribution in [3.63, 3.8) is 0 Å². The van der Waals surface area contributed by atoms with Crippen LogP contribution in [0.3, 0.4) is 0 Å². The highest BCUT2D eigenvalue weighted by Crippen LogP contribution is 2.31. The third-order valence-corrected chi connectivity index (χ3v) is 6.10. The van der Waals surface area contributed by atoms with Crippen LogP contribution in [0.5, 0.6) is 0 Å². The Morgan fingerprint density at radius 3 is 2.58 bits per heavy atom. The molecule has 0 atom stereocenters. The highest BCUT2D eigenvalue weighted by Gasteiger charge is 2.27. The van der Waals surface area contributed by atoms with E-state index in [2.05, 4.69) is 15.6 Å². The molecular formula is C23H23Cl2N3O3. The van der Waals surface area contributed by atoms with Gasteiger partial charge in [0.2, 0.25) is 5.91 Å². The number of fused-ring (bicyclic) bond motifs is 3. The highest BCUT2D eigenvalue weighted by atomic mass is 35.5. The average Bonchev–Trinajstić information content (AvgIpc) is 3.03. The lowest BCUT2D eigenvalue weighted by Crippen LogP contribution is -2.36. The smallest absolute Gasteiger partial charge is 0.303 e. The van der Waals surface area contributed by atoms with Crippen LogP contribution in [0.2, 0.25) is 10.0 Å². The first-order chi connectivity index (χ1) is 14.9. The topological polar surface area (TPSA) is 75.4 Å². The molecule has 4 rings (SSSR count). The first-order valence-corrected chi connectivity index (χ1v) is 11.1. The van der Waals surface area contributed by atoms with Crippen molar-refractivity contribution in [2.45, 2.75) is 45.2 Å². The van der Waals surface area contributed by atoms with E-state index < -0.39 is 5.97 Å². The number of halogens is 2. The summed E-state index contributed by atoms with van der Waals surface area (Å²) in [5.74, 6) is -0.764. The van der Waals surface area contributed by atoms with Gasteiger partial charge in [0.05, 0.1) is 6.54 Å². The van der Waals surface area contributed by atoms with Gasteiger partial charge < -0.3 is 14.6 Å². The summed E-state index contributed by atoms with van der Waals surface area (Å²) in [4.78, 5) is 29.9.